The monoisotopic (exact) mass is 478 g/mol. The average Bonchev–Trinajstić information content (AvgIpc) is 3.04. The molecular weight excluding hydrogens is 460 g/mol. The fourth-order valence-corrected chi connectivity index (χ4v) is 5.02. The third kappa shape index (κ3) is 7.96. The van der Waals surface area contributed by atoms with Crippen LogP contribution in [0.4, 0.5) is 10.8 Å². The summed E-state index contributed by atoms with van der Waals surface area (Å²) in [6, 6.07) is 5.61. The van der Waals surface area contributed by atoms with Gasteiger partial charge in [-0.2, -0.15) is 8.42 Å². The van der Waals surface area contributed by atoms with Crippen LogP contribution < -0.4 is 10.0 Å². The normalized spacial score (nSPS) is 12.1. The van der Waals surface area contributed by atoms with Gasteiger partial charge in [-0.15, -0.1) is 14.6 Å². The van der Waals surface area contributed by atoms with E-state index in [9.17, 15) is 21.6 Å². The van der Waals surface area contributed by atoms with E-state index in [1.807, 2.05) is 0 Å². The van der Waals surface area contributed by atoms with Gasteiger partial charge in [0.1, 0.15) is 6.34 Å². The van der Waals surface area contributed by atoms with Crippen LogP contribution in [-0.2, 0) is 24.8 Å². The highest BCUT2D eigenvalue weighted by molar-refractivity contribution is 8.01. The highest BCUT2D eigenvalue weighted by Crippen LogP contribution is 2.26. The minimum Gasteiger partial charge on any atom is -0.368 e. The Morgan fingerprint density at radius 3 is 2.45 bits per heavy atom. The molecule has 29 heavy (non-hydrogen) atoms. The Balaban J connectivity index is 1.91. The highest BCUT2D eigenvalue weighted by Gasteiger charge is 2.13. The van der Waals surface area contributed by atoms with Gasteiger partial charge in [0.25, 0.3) is 10.0 Å². The summed E-state index contributed by atoms with van der Waals surface area (Å²) in [6.45, 7) is 0. The summed E-state index contributed by atoms with van der Waals surface area (Å²) in [6.07, 6.45) is 2.19. The first-order valence-corrected chi connectivity index (χ1v) is 12.9. The molecule has 1 heterocycles. The Kier molecular flexibility index (Phi) is 7.56. The second-order valence-corrected chi connectivity index (χ2v) is 11.3. The Labute approximate surface area is 176 Å². The Bertz CT molecular complexity index is 1090. The van der Waals surface area contributed by atoms with Gasteiger partial charge in [-0.1, -0.05) is 23.1 Å². The van der Waals surface area contributed by atoms with E-state index in [0.29, 0.717) is 10.0 Å². The molecule has 158 valence electrons. The second-order valence-electron chi connectivity index (χ2n) is 5.77. The maximum absolute atomic E-state index is 12.0. The minimum absolute atomic E-state index is 0.00254. The van der Waals surface area contributed by atoms with Crippen LogP contribution in [0.2, 0.25) is 0 Å². The van der Waals surface area contributed by atoms with Gasteiger partial charge in [0, 0.05) is 19.8 Å². The van der Waals surface area contributed by atoms with Crippen LogP contribution in [0.15, 0.2) is 37.9 Å². The summed E-state index contributed by atoms with van der Waals surface area (Å²) in [7, 11) is -3.95. The lowest BCUT2D eigenvalue weighted by molar-refractivity contribution is -0.113. The molecule has 0 saturated heterocycles. The van der Waals surface area contributed by atoms with E-state index >= 15 is 0 Å². The van der Waals surface area contributed by atoms with E-state index in [-0.39, 0.29) is 21.7 Å². The number of hydrogen-bond acceptors (Lipinski definition) is 9. The first-order chi connectivity index (χ1) is 13.4. The SMILES string of the molecule is CN(C)C=NS(=O)(=O)c1ccc(NC(=O)CSc2nnc(NS(C)(=O)=O)s2)cc1. The molecule has 0 saturated carbocycles. The van der Waals surface area contributed by atoms with E-state index < -0.39 is 20.0 Å². The highest BCUT2D eigenvalue weighted by atomic mass is 32.2. The molecule has 0 aliphatic carbocycles. The van der Waals surface area contributed by atoms with Crippen LogP contribution in [-0.4, -0.2) is 70.3 Å². The molecule has 0 aliphatic rings. The molecule has 0 fully saturated rings. The molecule has 1 aromatic heterocycles. The predicted molar refractivity (Wildman–Crippen MR) is 114 cm³/mol. The summed E-state index contributed by atoms with van der Waals surface area (Å²) in [5, 5.41) is 10.2. The zero-order valence-electron chi connectivity index (χ0n) is 15.6. The maximum atomic E-state index is 12.0. The minimum atomic E-state index is -3.81. The lowest BCUT2D eigenvalue weighted by Gasteiger charge is -2.06. The molecule has 0 aliphatic heterocycles. The van der Waals surface area contributed by atoms with Gasteiger partial charge in [-0.25, -0.2) is 8.42 Å². The van der Waals surface area contributed by atoms with Gasteiger partial charge in [0.2, 0.25) is 21.1 Å². The molecule has 15 heteroatoms. The van der Waals surface area contributed by atoms with Gasteiger partial charge >= 0.3 is 0 Å². The Morgan fingerprint density at radius 1 is 1.21 bits per heavy atom. The summed E-state index contributed by atoms with van der Waals surface area (Å²) in [4.78, 5) is 13.6. The number of thioether (sulfide) groups is 1. The number of carbonyl (C=O) groups excluding carboxylic acids is 1. The number of aromatic nitrogens is 2. The van der Waals surface area contributed by atoms with Crippen molar-refractivity contribution in [1.29, 1.82) is 0 Å². The predicted octanol–water partition coefficient (Wildman–Crippen LogP) is 0.919. The van der Waals surface area contributed by atoms with Crippen molar-refractivity contribution in [2.45, 2.75) is 9.24 Å². The van der Waals surface area contributed by atoms with Crippen LogP contribution in [0.1, 0.15) is 0 Å². The molecule has 0 atom stereocenters. The van der Waals surface area contributed by atoms with Gasteiger partial charge in [-0.3, -0.25) is 9.52 Å². The van der Waals surface area contributed by atoms with Crippen LogP contribution in [0.25, 0.3) is 0 Å². The molecular formula is C14H18N6O5S4. The molecule has 11 nitrogen and oxygen atoms in total. The Morgan fingerprint density at radius 2 is 1.86 bits per heavy atom. The van der Waals surface area contributed by atoms with E-state index in [2.05, 4.69) is 24.6 Å². The summed E-state index contributed by atoms with van der Waals surface area (Å²) in [5.74, 6) is -0.329. The lowest BCUT2D eigenvalue weighted by Crippen LogP contribution is -2.14. The van der Waals surface area contributed by atoms with Crippen LogP contribution in [0.5, 0.6) is 0 Å². The summed E-state index contributed by atoms with van der Waals surface area (Å²) in [5.41, 5.74) is 0.419. The quantitative estimate of drug-likeness (QED) is 0.304. The van der Waals surface area contributed by atoms with Crippen molar-refractivity contribution < 1.29 is 21.6 Å². The van der Waals surface area contributed by atoms with E-state index in [1.54, 1.807) is 14.1 Å². The first kappa shape index (κ1) is 23.1. The number of sulfonamides is 2. The van der Waals surface area contributed by atoms with Crippen molar-refractivity contribution in [1.82, 2.24) is 15.1 Å². The number of anilines is 2. The van der Waals surface area contributed by atoms with Gasteiger partial charge in [0.05, 0.1) is 16.9 Å². The summed E-state index contributed by atoms with van der Waals surface area (Å²) >= 11 is 2.10. The number of benzene rings is 1. The van der Waals surface area contributed by atoms with E-state index in [1.165, 1.54) is 35.5 Å². The number of rotatable bonds is 9. The standard InChI is InChI=1S/C14H18N6O5S4/c1-20(2)9-15-29(24,25)11-6-4-10(5-7-11)16-12(21)8-26-14-18-17-13(27-14)19-28(3,22)23/h4-7,9H,8H2,1-3H3,(H,16,21)(H,17,19). The zero-order chi connectivity index (χ0) is 21.7. The topological polar surface area (TPSA) is 151 Å². The van der Waals surface area contributed by atoms with Crippen LogP contribution >= 0.6 is 23.1 Å². The van der Waals surface area contributed by atoms with Crippen LogP contribution in [0, 0.1) is 0 Å². The fraction of sp³-hybridized carbons (Fsp3) is 0.286. The zero-order valence-corrected chi connectivity index (χ0v) is 18.8. The molecule has 0 bridgehead atoms. The molecule has 2 N–H and O–H groups in total. The number of carbonyl (C=O) groups is 1. The number of nitrogens with one attached hydrogen (secondary N) is 2. The Hall–Kier alpha value is -2.23. The van der Waals surface area contributed by atoms with Crippen molar-refractivity contribution in [2.75, 3.05) is 36.1 Å². The molecule has 0 radical (unpaired) electrons. The van der Waals surface area contributed by atoms with Crippen molar-refractivity contribution in [2.24, 2.45) is 4.40 Å². The number of amides is 1. The van der Waals surface area contributed by atoms with Crippen molar-refractivity contribution in [3.05, 3.63) is 24.3 Å². The maximum Gasteiger partial charge on any atom is 0.283 e. The van der Waals surface area contributed by atoms with E-state index in [4.69, 9.17) is 0 Å². The van der Waals surface area contributed by atoms with Gasteiger partial charge in [0.15, 0.2) is 4.34 Å². The van der Waals surface area contributed by atoms with Crippen molar-refractivity contribution >= 4 is 66.2 Å². The molecule has 1 aromatic carbocycles. The summed E-state index contributed by atoms with van der Waals surface area (Å²) < 4.78 is 52.5. The molecule has 0 unspecified atom stereocenters. The van der Waals surface area contributed by atoms with Crippen LogP contribution in [0.3, 0.4) is 0 Å². The first-order valence-electron chi connectivity index (χ1n) is 7.75. The molecule has 2 rings (SSSR count). The van der Waals surface area contributed by atoms with Gasteiger partial charge < -0.3 is 10.2 Å². The largest absolute Gasteiger partial charge is 0.368 e. The third-order valence-corrected chi connectivity index (χ3v) is 6.76. The molecule has 1 amide bonds. The number of hydrogen-bond donors (Lipinski definition) is 2. The van der Waals surface area contributed by atoms with Gasteiger partial charge in [-0.05, 0) is 24.3 Å². The molecule has 0 spiro atoms. The van der Waals surface area contributed by atoms with Crippen molar-refractivity contribution in [3.63, 3.8) is 0 Å². The average molecular weight is 479 g/mol. The third-order valence-electron chi connectivity index (χ3n) is 2.86. The fourth-order valence-electron chi connectivity index (χ4n) is 1.72. The lowest BCUT2D eigenvalue weighted by atomic mass is 10.3. The molecule has 2 aromatic rings. The van der Waals surface area contributed by atoms with Crippen molar-refractivity contribution in [3.8, 4) is 0 Å². The number of nitrogens with zero attached hydrogens (tertiary/aromatic N) is 4. The van der Waals surface area contributed by atoms with E-state index in [0.717, 1.165) is 29.4 Å². The second kappa shape index (κ2) is 9.51. The smallest absolute Gasteiger partial charge is 0.283 e.